The number of rotatable bonds is 3. The lowest BCUT2D eigenvalue weighted by Crippen LogP contribution is -2.61. The van der Waals surface area contributed by atoms with Crippen LogP contribution in [0.2, 0.25) is 0 Å². The smallest absolute Gasteiger partial charge is 0.0973 e. The monoisotopic (exact) mass is 275 g/mol. The maximum Gasteiger partial charge on any atom is 0.0973 e. The number of methoxy groups -OCH3 is 1. The summed E-state index contributed by atoms with van der Waals surface area (Å²) in [6, 6.07) is 2.21. The van der Waals surface area contributed by atoms with Crippen molar-refractivity contribution in [1.29, 1.82) is 0 Å². The minimum absolute atomic E-state index is 0.0523. The van der Waals surface area contributed by atoms with Gasteiger partial charge in [-0.3, -0.25) is 0 Å². The molecule has 4 heteroatoms. The van der Waals surface area contributed by atoms with Gasteiger partial charge in [0.2, 0.25) is 0 Å². The molecule has 2 heterocycles. The van der Waals surface area contributed by atoms with E-state index in [0.29, 0.717) is 0 Å². The van der Waals surface area contributed by atoms with Crippen LogP contribution in [-0.2, 0) is 11.2 Å². The summed E-state index contributed by atoms with van der Waals surface area (Å²) >= 11 is 5.39. The largest absolute Gasteiger partial charge is 0.375 e. The molecule has 14 heavy (non-hydrogen) atoms. The standard InChI is InChI=1S/C10H14BrNOS/c1-7-9(11)3-8(14-7)4-10(13-2)5-12-6-10/h3,12H,4-6H2,1-2H3. The molecule has 1 aromatic heterocycles. The van der Waals surface area contributed by atoms with Crippen molar-refractivity contribution in [3.8, 4) is 0 Å². The fourth-order valence-corrected chi connectivity index (χ4v) is 3.40. The predicted molar refractivity (Wildman–Crippen MR) is 63.1 cm³/mol. The van der Waals surface area contributed by atoms with Crippen LogP contribution in [0.5, 0.6) is 0 Å². The van der Waals surface area contributed by atoms with E-state index in [0.717, 1.165) is 19.5 Å². The Kier molecular flexibility index (Phi) is 2.98. The Morgan fingerprint density at radius 2 is 2.36 bits per heavy atom. The van der Waals surface area contributed by atoms with Gasteiger partial charge >= 0.3 is 0 Å². The van der Waals surface area contributed by atoms with E-state index in [-0.39, 0.29) is 5.60 Å². The summed E-state index contributed by atoms with van der Waals surface area (Å²) in [7, 11) is 1.80. The molecule has 0 unspecified atom stereocenters. The van der Waals surface area contributed by atoms with Crippen LogP contribution in [0.25, 0.3) is 0 Å². The van der Waals surface area contributed by atoms with Gasteiger partial charge in [0, 0.05) is 40.8 Å². The first-order chi connectivity index (χ1) is 6.65. The van der Waals surface area contributed by atoms with Crippen LogP contribution in [-0.4, -0.2) is 25.8 Å². The van der Waals surface area contributed by atoms with Crippen molar-refractivity contribution >= 4 is 27.3 Å². The molecule has 0 bridgehead atoms. The number of hydrogen-bond donors (Lipinski definition) is 1. The van der Waals surface area contributed by atoms with Crippen molar-refractivity contribution in [2.75, 3.05) is 20.2 Å². The van der Waals surface area contributed by atoms with E-state index in [1.54, 1.807) is 7.11 Å². The maximum absolute atomic E-state index is 5.56. The zero-order valence-corrected chi connectivity index (χ0v) is 10.8. The van der Waals surface area contributed by atoms with Crippen LogP contribution in [0, 0.1) is 6.92 Å². The van der Waals surface area contributed by atoms with Crippen molar-refractivity contribution in [3.63, 3.8) is 0 Å². The van der Waals surface area contributed by atoms with E-state index in [9.17, 15) is 0 Å². The van der Waals surface area contributed by atoms with E-state index in [1.807, 2.05) is 11.3 Å². The Morgan fingerprint density at radius 3 is 2.71 bits per heavy atom. The highest BCUT2D eigenvalue weighted by atomic mass is 79.9. The average Bonchev–Trinajstić information content (AvgIpc) is 2.39. The molecule has 0 amide bonds. The van der Waals surface area contributed by atoms with Gasteiger partial charge in [-0.15, -0.1) is 11.3 Å². The summed E-state index contributed by atoms with van der Waals surface area (Å²) in [5.41, 5.74) is 0.0523. The SMILES string of the molecule is COC1(Cc2cc(Br)c(C)s2)CNC1. The molecule has 1 saturated heterocycles. The molecule has 2 rings (SSSR count). The highest BCUT2D eigenvalue weighted by Crippen LogP contribution is 2.31. The van der Waals surface area contributed by atoms with E-state index < -0.39 is 0 Å². The van der Waals surface area contributed by atoms with Crippen LogP contribution in [0.1, 0.15) is 9.75 Å². The normalized spacial score (nSPS) is 19.4. The molecule has 1 aliphatic heterocycles. The van der Waals surface area contributed by atoms with Crippen molar-refractivity contribution in [2.45, 2.75) is 18.9 Å². The Labute approximate surface area is 96.8 Å². The average molecular weight is 276 g/mol. The molecule has 1 aliphatic rings. The third-order valence-electron chi connectivity index (χ3n) is 2.73. The van der Waals surface area contributed by atoms with Gasteiger partial charge in [0.15, 0.2) is 0 Å². The first-order valence-electron chi connectivity index (χ1n) is 4.66. The molecular weight excluding hydrogens is 262 g/mol. The minimum Gasteiger partial charge on any atom is -0.375 e. The molecule has 0 radical (unpaired) electrons. The molecule has 78 valence electrons. The molecule has 1 aromatic rings. The molecule has 1 fully saturated rings. The fourth-order valence-electron chi connectivity index (χ4n) is 1.67. The van der Waals surface area contributed by atoms with Crippen molar-refractivity contribution < 1.29 is 4.74 Å². The first-order valence-corrected chi connectivity index (χ1v) is 6.27. The minimum atomic E-state index is 0.0523. The second-order valence-electron chi connectivity index (χ2n) is 3.78. The Hall–Kier alpha value is 0.1000. The Bertz CT molecular complexity index is 308. The number of nitrogens with one attached hydrogen (secondary N) is 1. The molecule has 0 aliphatic carbocycles. The van der Waals surface area contributed by atoms with Crippen LogP contribution >= 0.6 is 27.3 Å². The van der Waals surface area contributed by atoms with Gasteiger partial charge in [0.25, 0.3) is 0 Å². The van der Waals surface area contributed by atoms with E-state index in [2.05, 4.69) is 34.2 Å². The zero-order valence-electron chi connectivity index (χ0n) is 8.39. The molecule has 0 aromatic carbocycles. The first kappa shape index (κ1) is 10.6. The Morgan fingerprint density at radius 1 is 1.64 bits per heavy atom. The van der Waals surface area contributed by atoms with Crippen LogP contribution < -0.4 is 5.32 Å². The maximum atomic E-state index is 5.56. The topological polar surface area (TPSA) is 21.3 Å². The number of aryl methyl sites for hydroxylation is 1. The van der Waals surface area contributed by atoms with Gasteiger partial charge < -0.3 is 10.1 Å². The molecule has 1 N–H and O–H groups in total. The molecule has 0 spiro atoms. The molecule has 2 nitrogen and oxygen atoms in total. The van der Waals surface area contributed by atoms with Gasteiger partial charge in [0.05, 0.1) is 5.60 Å². The van der Waals surface area contributed by atoms with E-state index in [1.165, 1.54) is 14.2 Å². The lowest BCUT2D eigenvalue weighted by molar-refractivity contribution is -0.0496. The number of thiophene rings is 1. The van der Waals surface area contributed by atoms with Crippen molar-refractivity contribution in [1.82, 2.24) is 5.32 Å². The predicted octanol–water partition coefficient (Wildman–Crippen LogP) is 2.35. The zero-order chi connectivity index (χ0) is 10.2. The highest BCUT2D eigenvalue weighted by molar-refractivity contribution is 9.10. The lowest BCUT2D eigenvalue weighted by Gasteiger charge is -2.41. The van der Waals surface area contributed by atoms with Gasteiger partial charge in [-0.2, -0.15) is 0 Å². The van der Waals surface area contributed by atoms with Gasteiger partial charge in [-0.25, -0.2) is 0 Å². The molecule has 0 atom stereocenters. The van der Waals surface area contributed by atoms with Gasteiger partial charge in [0.1, 0.15) is 0 Å². The van der Waals surface area contributed by atoms with Crippen LogP contribution in [0.4, 0.5) is 0 Å². The van der Waals surface area contributed by atoms with Gasteiger partial charge in [-0.1, -0.05) is 0 Å². The third kappa shape index (κ3) is 1.89. The molecular formula is C10H14BrNOS. The van der Waals surface area contributed by atoms with Crippen LogP contribution in [0.15, 0.2) is 10.5 Å². The highest BCUT2D eigenvalue weighted by Gasteiger charge is 2.37. The summed E-state index contributed by atoms with van der Waals surface area (Å²) in [5.74, 6) is 0. The second-order valence-corrected chi connectivity index (χ2v) is 5.98. The van der Waals surface area contributed by atoms with Crippen molar-refractivity contribution in [2.24, 2.45) is 0 Å². The summed E-state index contributed by atoms with van der Waals surface area (Å²) in [5, 5.41) is 3.26. The van der Waals surface area contributed by atoms with Crippen molar-refractivity contribution in [3.05, 3.63) is 20.3 Å². The summed E-state index contributed by atoms with van der Waals surface area (Å²) in [6.07, 6.45) is 1.02. The molecule has 0 saturated carbocycles. The van der Waals surface area contributed by atoms with Gasteiger partial charge in [-0.05, 0) is 28.9 Å². The Balaban J connectivity index is 2.09. The second kappa shape index (κ2) is 3.93. The third-order valence-corrected chi connectivity index (χ3v) is 4.87. The quantitative estimate of drug-likeness (QED) is 0.915. The number of ether oxygens (including phenoxy) is 1. The number of hydrogen-bond acceptors (Lipinski definition) is 3. The summed E-state index contributed by atoms with van der Waals surface area (Å²) in [4.78, 5) is 2.75. The van der Waals surface area contributed by atoms with Crippen LogP contribution in [0.3, 0.4) is 0 Å². The van der Waals surface area contributed by atoms with E-state index >= 15 is 0 Å². The summed E-state index contributed by atoms with van der Waals surface area (Å²) < 4.78 is 6.77. The van der Waals surface area contributed by atoms with E-state index in [4.69, 9.17) is 4.74 Å². The summed E-state index contributed by atoms with van der Waals surface area (Å²) in [6.45, 7) is 4.08. The fraction of sp³-hybridized carbons (Fsp3) is 0.600. The lowest BCUT2D eigenvalue weighted by atomic mass is 9.92. The number of halogens is 1.